The highest BCUT2D eigenvalue weighted by Gasteiger charge is 2.23. The van der Waals surface area contributed by atoms with Crippen molar-refractivity contribution >= 4 is 39.5 Å². The molecule has 0 aliphatic carbocycles. The molecule has 2 amide bonds. The predicted octanol–water partition coefficient (Wildman–Crippen LogP) is 3.56. The molecule has 2 aromatic rings. The summed E-state index contributed by atoms with van der Waals surface area (Å²) in [6.45, 7) is 6.29. The van der Waals surface area contributed by atoms with E-state index in [9.17, 15) is 9.59 Å². The Labute approximate surface area is 184 Å². The number of nitrogens with one attached hydrogen (secondary N) is 1. The van der Waals surface area contributed by atoms with Gasteiger partial charge in [0.25, 0.3) is 5.91 Å². The Morgan fingerprint density at radius 3 is 2.62 bits per heavy atom. The van der Waals surface area contributed by atoms with Gasteiger partial charge in [0.2, 0.25) is 5.91 Å². The summed E-state index contributed by atoms with van der Waals surface area (Å²) in [6.07, 6.45) is 5.12. The molecular weight excluding hydrogens is 452 g/mol. The van der Waals surface area contributed by atoms with Crippen molar-refractivity contribution in [2.75, 3.05) is 25.4 Å². The van der Waals surface area contributed by atoms with Crippen LogP contribution in [-0.4, -0.2) is 51.9 Å². The summed E-state index contributed by atoms with van der Waals surface area (Å²) in [6, 6.07) is 4.24. The molecule has 1 aromatic carbocycles. The molecule has 1 aromatic heterocycles. The molecule has 0 bridgehead atoms. The Morgan fingerprint density at radius 2 is 1.97 bits per heavy atom. The number of carbonyl (C=O) groups excluding carboxylic acids is 2. The van der Waals surface area contributed by atoms with Gasteiger partial charge in [0, 0.05) is 42.2 Å². The number of aromatic nitrogens is 2. The van der Waals surface area contributed by atoms with E-state index >= 15 is 0 Å². The lowest BCUT2D eigenvalue weighted by Gasteiger charge is -2.32. The lowest BCUT2D eigenvalue weighted by molar-refractivity contribution is -0.129. The van der Waals surface area contributed by atoms with E-state index in [-0.39, 0.29) is 11.8 Å². The molecule has 3 rings (SSSR count). The first kappa shape index (κ1) is 21.9. The maximum atomic E-state index is 12.6. The highest BCUT2D eigenvalue weighted by atomic mass is 79.9. The Balaban J connectivity index is 1.41. The van der Waals surface area contributed by atoms with Gasteiger partial charge in [-0.1, -0.05) is 15.9 Å². The number of nitrogens with zero attached hydrogens (tertiary/aromatic N) is 3. The van der Waals surface area contributed by atoms with E-state index in [1.165, 1.54) is 11.1 Å². The van der Waals surface area contributed by atoms with E-state index in [4.69, 9.17) is 0 Å². The molecular formula is C21H27BrN4O2S. The summed E-state index contributed by atoms with van der Waals surface area (Å²) in [5.74, 6) is 0.967. The number of benzene rings is 1. The molecule has 1 aliphatic rings. The standard InChI is InChI=1S/C21H27BrN4O2S/c1-14-9-19(15(2)8-18(14)22)29-13-20(27)26-6-4-16(5-7-26)10-23-21(28)17-11-24-25(3)12-17/h8-9,11-12,16H,4-7,10,13H2,1-3H3,(H,23,28). The van der Waals surface area contributed by atoms with Gasteiger partial charge in [-0.2, -0.15) is 5.10 Å². The smallest absolute Gasteiger partial charge is 0.254 e. The van der Waals surface area contributed by atoms with E-state index in [0.29, 0.717) is 23.8 Å². The van der Waals surface area contributed by atoms with Crippen molar-refractivity contribution in [3.05, 3.63) is 45.7 Å². The summed E-state index contributed by atoms with van der Waals surface area (Å²) in [5.41, 5.74) is 2.94. The first-order valence-corrected chi connectivity index (χ1v) is 11.6. The molecule has 0 radical (unpaired) electrons. The fraction of sp³-hybridized carbons (Fsp3) is 0.476. The van der Waals surface area contributed by atoms with Crippen molar-refractivity contribution in [2.45, 2.75) is 31.6 Å². The van der Waals surface area contributed by atoms with Crippen LogP contribution in [0.4, 0.5) is 0 Å². The van der Waals surface area contributed by atoms with E-state index < -0.39 is 0 Å². The van der Waals surface area contributed by atoms with Crippen molar-refractivity contribution in [2.24, 2.45) is 13.0 Å². The summed E-state index contributed by atoms with van der Waals surface area (Å²) in [5, 5.41) is 7.01. The lowest BCUT2D eigenvalue weighted by Crippen LogP contribution is -2.42. The molecule has 29 heavy (non-hydrogen) atoms. The number of halogens is 1. The minimum atomic E-state index is -0.0897. The SMILES string of the molecule is Cc1cc(SCC(=O)N2CCC(CNC(=O)c3cnn(C)c3)CC2)c(C)cc1Br. The molecule has 1 saturated heterocycles. The van der Waals surface area contributed by atoms with Gasteiger partial charge in [-0.25, -0.2) is 0 Å². The third kappa shape index (κ3) is 5.85. The summed E-state index contributed by atoms with van der Waals surface area (Å²) < 4.78 is 2.72. The summed E-state index contributed by atoms with van der Waals surface area (Å²) >= 11 is 5.16. The van der Waals surface area contributed by atoms with E-state index in [0.717, 1.165) is 35.3 Å². The van der Waals surface area contributed by atoms with Crippen LogP contribution in [0.5, 0.6) is 0 Å². The molecule has 1 aliphatic heterocycles. The number of hydrogen-bond acceptors (Lipinski definition) is 4. The molecule has 1 fully saturated rings. The minimum absolute atomic E-state index is 0.0897. The quantitative estimate of drug-likeness (QED) is 0.644. The van der Waals surface area contributed by atoms with Crippen molar-refractivity contribution in [1.82, 2.24) is 20.0 Å². The van der Waals surface area contributed by atoms with Crippen LogP contribution in [0.1, 0.15) is 34.3 Å². The second-order valence-corrected chi connectivity index (χ2v) is 9.46. The molecule has 0 unspecified atom stereocenters. The number of piperidine rings is 1. The number of likely N-dealkylation sites (tertiary alicyclic amines) is 1. The van der Waals surface area contributed by atoms with Crippen molar-refractivity contribution < 1.29 is 9.59 Å². The van der Waals surface area contributed by atoms with Crippen molar-refractivity contribution in [3.8, 4) is 0 Å². The largest absolute Gasteiger partial charge is 0.352 e. The topological polar surface area (TPSA) is 67.2 Å². The van der Waals surface area contributed by atoms with Gasteiger partial charge in [0.05, 0.1) is 17.5 Å². The van der Waals surface area contributed by atoms with Gasteiger partial charge in [-0.3, -0.25) is 14.3 Å². The highest BCUT2D eigenvalue weighted by Crippen LogP contribution is 2.29. The van der Waals surface area contributed by atoms with E-state index in [1.54, 1.807) is 35.9 Å². The van der Waals surface area contributed by atoms with Crippen molar-refractivity contribution in [3.63, 3.8) is 0 Å². The van der Waals surface area contributed by atoms with Crippen LogP contribution in [-0.2, 0) is 11.8 Å². The van der Waals surface area contributed by atoms with Crippen LogP contribution >= 0.6 is 27.7 Å². The zero-order valence-corrected chi connectivity index (χ0v) is 19.5. The minimum Gasteiger partial charge on any atom is -0.352 e. The Bertz CT molecular complexity index is 891. The van der Waals surface area contributed by atoms with Gasteiger partial charge in [-0.15, -0.1) is 11.8 Å². The second kappa shape index (κ2) is 9.80. The molecule has 0 saturated carbocycles. The molecule has 6 nitrogen and oxygen atoms in total. The first-order valence-electron chi connectivity index (χ1n) is 9.77. The molecule has 8 heteroatoms. The molecule has 2 heterocycles. The second-order valence-electron chi connectivity index (χ2n) is 7.59. The van der Waals surface area contributed by atoms with Gasteiger partial charge >= 0.3 is 0 Å². The fourth-order valence-electron chi connectivity index (χ4n) is 3.40. The normalized spacial score (nSPS) is 14.8. The van der Waals surface area contributed by atoms with Crippen molar-refractivity contribution in [1.29, 1.82) is 0 Å². The molecule has 0 atom stereocenters. The van der Waals surface area contributed by atoms with E-state index in [2.05, 4.69) is 52.3 Å². The number of amides is 2. The Kier molecular flexibility index (Phi) is 7.40. The van der Waals surface area contributed by atoms with Gasteiger partial charge < -0.3 is 10.2 Å². The summed E-state index contributed by atoms with van der Waals surface area (Å²) in [4.78, 5) is 27.9. The molecule has 1 N–H and O–H groups in total. The maximum Gasteiger partial charge on any atom is 0.254 e. The predicted molar refractivity (Wildman–Crippen MR) is 119 cm³/mol. The van der Waals surface area contributed by atoms with Crippen LogP contribution in [0.2, 0.25) is 0 Å². The van der Waals surface area contributed by atoms with Crippen LogP contribution in [0.3, 0.4) is 0 Å². The average Bonchev–Trinajstić information content (AvgIpc) is 3.14. The van der Waals surface area contributed by atoms with E-state index in [1.807, 2.05) is 4.90 Å². The monoisotopic (exact) mass is 478 g/mol. The zero-order valence-electron chi connectivity index (χ0n) is 17.1. The third-order valence-electron chi connectivity index (χ3n) is 5.29. The van der Waals surface area contributed by atoms with Crippen LogP contribution in [0.15, 0.2) is 33.9 Å². The lowest BCUT2D eigenvalue weighted by atomic mass is 9.96. The van der Waals surface area contributed by atoms with Crippen LogP contribution in [0, 0.1) is 19.8 Å². The molecule has 0 spiro atoms. The Hall–Kier alpha value is -1.80. The average molecular weight is 479 g/mol. The maximum absolute atomic E-state index is 12.6. The van der Waals surface area contributed by atoms with Crippen LogP contribution < -0.4 is 5.32 Å². The summed E-state index contributed by atoms with van der Waals surface area (Å²) in [7, 11) is 1.79. The van der Waals surface area contributed by atoms with Gasteiger partial charge in [0.15, 0.2) is 0 Å². The Morgan fingerprint density at radius 1 is 1.24 bits per heavy atom. The van der Waals surface area contributed by atoms with Gasteiger partial charge in [0.1, 0.15) is 0 Å². The number of aryl methyl sites for hydroxylation is 3. The number of hydrogen-bond donors (Lipinski definition) is 1. The number of thioether (sulfide) groups is 1. The van der Waals surface area contributed by atoms with Gasteiger partial charge in [-0.05, 0) is 55.9 Å². The first-order chi connectivity index (χ1) is 13.8. The third-order valence-corrected chi connectivity index (χ3v) is 7.29. The fourth-order valence-corrected chi connectivity index (χ4v) is 4.87. The highest BCUT2D eigenvalue weighted by molar-refractivity contribution is 9.10. The van der Waals surface area contributed by atoms with Crippen LogP contribution in [0.25, 0.3) is 0 Å². The number of rotatable bonds is 6. The molecule has 156 valence electrons. The number of carbonyl (C=O) groups is 2. The zero-order chi connectivity index (χ0) is 21.0.